The highest BCUT2D eigenvalue weighted by Gasteiger charge is 2.30. The Morgan fingerprint density at radius 3 is 2.96 bits per heavy atom. The van der Waals surface area contributed by atoms with Gasteiger partial charge < -0.3 is 15.0 Å². The molecule has 0 bridgehead atoms. The molecule has 0 saturated carbocycles. The van der Waals surface area contributed by atoms with E-state index < -0.39 is 0 Å². The van der Waals surface area contributed by atoms with Gasteiger partial charge >= 0.3 is 0 Å². The van der Waals surface area contributed by atoms with Gasteiger partial charge in [0.1, 0.15) is 17.9 Å². The lowest BCUT2D eigenvalue weighted by atomic mass is 10.0. The number of rotatable bonds is 6. The maximum absolute atomic E-state index is 12.7. The monoisotopic (exact) mass is 357 g/mol. The van der Waals surface area contributed by atoms with Crippen LogP contribution in [0.5, 0.6) is 5.75 Å². The van der Waals surface area contributed by atoms with Crippen LogP contribution in [0.25, 0.3) is 0 Å². The second-order valence-electron chi connectivity index (χ2n) is 6.08. The Kier molecular flexibility index (Phi) is 5.83. The Morgan fingerprint density at radius 1 is 1.35 bits per heavy atom. The Hall–Kier alpha value is -2.90. The number of amides is 2. The van der Waals surface area contributed by atoms with Crippen LogP contribution >= 0.6 is 0 Å². The van der Waals surface area contributed by atoms with Crippen LogP contribution in [0.15, 0.2) is 30.6 Å². The van der Waals surface area contributed by atoms with E-state index in [1.165, 1.54) is 6.33 Å². The average molecular weight is 357 g/mol. The predicted octanol–water partition coefficient (Wildman–Crippen LogP) is 1.69. The first-order valence-corrected chi connectivity index (χ1v) is 8.85. The second kappa shape index (κ2) is 8.46. The third kappa shape index (κ3) is 4.01. The summed E-state index contributed by atoms with van der Waals surface area (Å²) < 4.78 is 5.47. The molecule has 8 nitrogen and oxygen atoms in total. The van der Waals surface area contributed by atoms with Gasteiger partial charge in [0.15, 0.2) is 0 Å². The quantitative estimate of drug-likeness (QED) is 0.819. The van der Waals surface area contributed by atoms with Crippen LogP contribution < -0.4 is 10.1 Å². The molecular formula is C18H23N5O3. The van der Waals surface area contributed by atoms with Gasteiger partial charge in [-0.25, -0.2) is 4.98 Å². The third-order valence-corrected chi connectivity index (χ3v) is 4.40. The van der Waals surface area contributed by atoms with Crippen molar-refractivity contribution in [2.75, 3.05) is 19.7 Å². The van der Waals surface area contributed by atoms with Crippen molar-refractivity contribution in [2.45, 2.75) is 32.2 Å². The summed E-state index contributed by atoms with van der Waals surface area (Å²) in [5.74, 6) is 0.743. The Labute approximate surface area is 151 Å². The molecule has 0 radical (unpaired) electrons. The zero-order valence-corrected chi connectivity index (χ0v) is 14.8. The van der Waals surface area contributed by atoms with Crippen molar-refractivity contribution in [3.8, 4) is 5.75 Å². The number of ether oxygens (including phenoxy) is 1. The van der Waals surface area contributed by atoms with Crippen LogP contribution in [0.2, 0.25) is 0 Å². The molecule has 0 spiro atoms. The first-order chi connectivity index (χ1) is 12.7. The number of piperidine rings is 1. The molecule has 2 amide bonds. The summed E-state index contributed by atoms with van der Waals surface area (Å²) in [4.78, 5) is 31.1. The van der Waals surface area contributed by atoms with Crippen molar-refractivity contribution in [1.82, 2.24) is 25.4 Å². The molecule has 1 aliphatic rings. The lowest BCUT2D eigenvalue weighted by Crippen LogP contribution is -2.44. The van der Waals surface area contributed by atoms with Gasteiger partial charge in [0.2, 0.25) is 5.91 Å². The van der Waals surface area contributed by atoms with Crippen LogP contribution in [0.3, 0.4) is 0 Å². The summed E-state index contributed by atoms with van der Waals surface area (Å²) in [6, 6.07) is 6.88. The lowest BCUT2D eigenvalue weighted by Gasteiger charge is -2.34. The molecule has 26 heavy (non-hydrogen) atoms. The van der Waals surface area contributed by atoms with Crippen molar-refractivity contribution in [3.05, 3.63) is 42.0 Å². The van der Waals surface area contributed by atoms with Gasteiger partial charge in [0.25, 0.3) is 5.91 Å². The number of benzene rings is 1. The van der Waals surface area contributed by atoms with E-state index in [1.54, 1.807) is 23.1 Å². The van der Waals surface area contributed by atoms with E-state index in [-0.39, 0.29) is 24.4 Å². The van der Waals surface area contributed by atoms with Gasteiger partial charge in [0, 0.05) is 6.54 Å². The van der Waals surface area contributed by atoms with Gasteiger partial charge in [-0.15, -0.1) is 0 Å². The van der Waals surface area contributed by atoms with Crippen molar-refractivity contribution in [2.24, 2.45) is 0 Å². The van der Waals surface area contributed by atoms with E-state index in [0.29, 0.717) is 30.3 Å². The summed E-state index contributed by atoms with van der Waals surface area (Å²) in [6.45, 7) is 2.91. The van der Waals surface area contributed by atoms with Crippen LogP contribution in [0.4, 0.5) is 0 Å². The van der Waals surface area contributed by atoms with E-state index in [0.717, 1.165) is 19.3 Å². The maximum atomic E-state index is 12.7. The van der Waals surface area contributed by atoms with Crippen molar-refractivity contribution in [3.63, 3.8) is 0 Å². The Morgan fingerprint density at radius 2 is 2.19 bits per heavy atom. The molecule has 3 rings (SSSR count). The van der Waals surface area contributed by atoms with Gasteiger partial charge in [-0.05, 0) is 38.3 Å². The van der Waals surface area contributed by atoms with Gasteiger partial charge in [-0.1, -0.05) is 12.1 Å². The standard InChI is InChI=1S/C18H23N5O3/c1-2-26-15-9-4-3-7-13(15)18(25)19-11-16(24)23-10-6-5-8-14(23)17-20-12-21-22-17/h3-4,7,9,12,14H,2,5-6,8,10-11H2,1H3,(H,19,25)(H,20,21,22). The number of aromatic nitrogens is 3. The second-order valence-corrected chi connectivity index (χ2v) is 6.08. The fourth-order valence-electron chi connectivity index (χ4n) is 3.18. The highest BCUT2D eigenvalue weighted by atomic mass is 16.5. The van der Waals surface area contributed by atoms with E-state index in [2.05, 4.69) is 20.5 Å². The number of nitrogens with zero attached hydrogens (tertiary/aromatic N) is 3. The van der Waals surface area contributed by atoms with Gasteiger partial charge in [-0.3, -0.25) is 14.7 Å². The molecule has 1 saturated heterocycles. The van der Waals surface area contributed by atoms with Crippen LogP contribution in [-0.2, 0) is 4.79 Å². The molecule has 1 fully saturated rings. The number of aromatic amines is 1. The normalized spacial score (nSPS) is 17.0. The van der Waals surface area contributed by atoms with E-state index in [4.69, 9.17) is 4.74 Å². The lowest BCUT2D eigenvalue weighted by molar-refractivity contribution is -0.134. The molecule has 1 unspecified atom stereocenters. The number of carbonyl (C=O) groups excluding carboxylic acids is 2. The number of para-hydroxylation sites is 1. The largest absolute Gasteiger partial charge is 0.493 e. The van der Waals surface area contributed by atoms with Crippen molar-refractivity contribution < 1.29 is 14.3 Å². The molecule has 2 heterocycles. The Balaban J connectivity index is 1.63. The smallest absolute Gasteiger partial charge is 0.255 e. The fraction of sp³-hybridized carbons (Fsp3) is 0.444. The predicted molar refractivity (Wildman–Crippen MR) is 94.6 cm³/mol. The summed E-state index contributed by atoms with van der Waals surface area (Å²) in [5.41, 5.74) is 0.424. The minimum atomic E-state index is -0.323. The highest BCUT2D eigenvalue weighted by Crippen LogP contribution is 2.28. The molecule has 1 aromatic carbocycles. The van der Waals surface area contributed by atoms with Crippen molar-refractivity contribution in [1.29, 1.82) is 0 Å². The van der Waals surface area contributed by atoms with Crippen LogP contribution in [-0.4, -0.2) is 51.6 Å². The summed E-state index contributed by atoms with van der Waals surface area (Å²) in [6.07, 6.45) is 4.25. The minimum absolute atomic E-state index is 0.0655. The minimum Gasteiger partial charge on any atom is -0.493 e. The number of hydrogen-bond acceptors (Lipinski definition) is 5. The van der Waals surface area contributed by atoms with Crippen LogP contribution in [0, 0.1) is 0 Å². The molecule has 138 valence electrons. The maximum Gasteiger partial charge on any atom is 0.255 e. The first-order valence-electron chi connectivity index (χ1n) is 8.85. The SMILES string of the molecule is CCOc1ccccc1C(=O)NCC(=O)N1CCCCC1c1ncn[nH]1. The summed E-state index contributed by atoms with van der Waals surface area (Å²) in [5, 5.41) is 9.42. The van der Waals surface area contributed by atoms with Gasteiger partial charge in [0.05, 0.1) is 24.8 Å². The molecule has 0 aliphatic carbocycles. The zero-order chi connectivity index (χ0) is 18.4. The molecule has 1 aliphatic heterocycles. The molecule has 2 aromatic rings. The molecule has 1 atom stereocenters. The number of likely N-dealkylation sites (tertiary alicyclic amines) is 1. The molecule has 2 N–H and O–H groups in total. The van der Waals surface area contributed by atoms with Gasteiger partial charge in [-0.2, -0.15) is 5.10 Å². The third-order valence-electron chi connectivity index (χ3n) is 4.40. The summed E-state index contributed by atoms with van der Waals surface area (Å²) >= 11 is 0. The Bertz CT molecular complexity index is 747. The molecule has 8 heteroatoms. The molecular weight excluding hydrogens is 334 g/mol. The van der Waals surface area contributed by atoms with E-state index in [9.17, 15) is 9.59 Å². The number of carbonyl (C=O) groups is 2. The first kappa shape index (κ1) is 17.9. The van der Waals surface area contributed by atoms with E-state index in [1.807, 2.05) is 13.0 Å². The average Bonchev–Trinajstić information content (AvgIpc) is 3.21. The number of nitrogens with one attached hydrogen (secondary N) is 2. The zero-order valence-electron chi connectivity index (χ0n) is 14.8. The molecule has 1 aromatic heterocycles. The number of hydrogen-bond donors (Lipinski definition) is 2. The summed E-state index contributed by atoms with van der Waals surface area (Å²) in [7, 11) is 0. The highest BCUT2D eigenvalue weighted by molar-refractivity contribution is 5.98. The topological polar surface area (TPSA) is 100 Å². The fourth-order valence-corrected chi connectivity index (χ4v) is 3.18. The number of H-pyrrole nitrogens is 1. The van der Waals surface area contributed by atoms with E-state index >= 15 is 0 Å². The van der Waals surface area contributed by atoms with Crippen LogP contribution in [0.1, 0.15) is 48.4 Å². The van der Waals surface area contributed by atoms with Crippen molar-refractivity contribution >= 4 is 11.8 Å².